The molecular weight excluding hydrogens is 228 g/mol. The van der Waals surface area contributed by atoms with Crippen molar-refractivity contribution in [3.05, 3.63) is 0 Å². The highest BCUT2D eigenvalue weighted by atomic mass is 16.5. The number of morpholine rings is 1. The summed E-state index contributed by atoms with van der Waals surface area (Å²) < 4.78 is 11.4. The van der Waals surface area contributed by atoms with Gasteiger partial charge in [-0.1, -0.05) is 25.7 Å². The van der Waals surface area contributed by atoms with E-state index in [1.165, 1.54) is 25.7 Å². The summed E-state index contributed by atoms with van der Waals surface area (Å²) in [5.41, 5.74) is -0.317. The monoisotopic (exact) mass is 254 g/mol. The lowest BCUT2D eigenvalue weighted by Crippen LogP contribution is -2.53. The molecule has 0 spiro atoms. The molecule has 0 unspecified atom stereocenters. The van der Waals surface area contributed by atoms with Crippen LogP contribution in [0.5, 0.6) is 0 Å². The highest BCUT2D eigenvalue weighted by Gasteiger charge is 2.39. The number of hydrogen-bond acceptors (Lipinski definition) is 3. The molecular formula is C14H26N2O2. The fourth-order valence-corrected chi connectivity index (χ4v) is 3.10. The van der Waals surface area contributed by atoms with E-state index in [-0.39, 0.29) is 5.60 Å². The second-order valence-corrected chi connectivity index (χ2v) is 5.29. The van der Waals surface area contributed by atoms with Crippen LogP contribution in [0.15, 0.2) is 0 Å². The largest absolute Gasteiger partial charge is 0.378 e. The summed E-state index contributed by atoms with van der Waals surface area (Å²) in [6.07, 6.45) is 6.96. The molecule has 18 heavy (non-hydrogen) atoms. The highest BCUT2D eigenvalue weighted by Crippen LogP contribution is 2.32. The highest BCUT2D eigenvalue weighted by molar-refractivity contribution is 5.88. The van der Waals surface area contributed by atoms with Crippen LogP contribution in [0, 0.1) is 5.41 Å². The lowest BCUT2D eigenvalue weighted by molar-refractivity contribution is -0.0136. The average molecular weight is 254 g/mol. The number of ether oxygens (including phenoxy) is 2. The third-order valence-corrected chi connectivity index (χ3v) is 4.09. The summed E-state index contributed by atoms with van der Waals surface area (Å²) in [6, 6.07) is 0. The molecule has 1 saturated heterocycles. The smallest absolute Gasteiger partial charge is 0.129 e. The normalized spacial score (nSPS) is 24.6. The van der Waals surface area contributed by atoms with E-state index >= 15 is 0 Å². The number of nitrogens with one attached hydrogen (secondary N) is 1. The number of rotatable bonds is 3. The molecule has 0 bridgehead atoms. The molecule has 2 aliphatic rings. The Morgan fingerprint density at radius 3 is 2.33 bits per heavy atom. The van der Waals surface area contributed by atoms with Gasteiger partial charge in [-0.2, -0.15) is 0 Å². The van der Waals surface area contributed by atoms with Crippen molar-refractivity contribution in [2.75, 3.05) is 32.9 Å². The fourth-order valence-electron chi connectivity index (χ4n) is 3.10. The maximum atomic E-state index is 8.57. The van der Waals surface area contributed by atoms with E-state index in [0.717, 1.165) is 39.1 Å². The van der Waals surface area contributed by atoms with Crippen LogP contribution < -0.4 is 0 Å². The minimum atomic E-state index is -0.317. The van der Waals surface area contributed by atoms with Crippen LogP contribution in [-0.4, -0.2) is 49.2 Å². The van der Waals surface area contributed by atoms with Gasteiger partial charge in [0.25, 0.3) is 0 Å². The van der Waals surface area contributed by atoms with Gasteiger partial charge in [-0.3, -0.25) is 5.41 Å². The molecule has 4 nitrogen and oxygen atoms in total. The summed E-state index contributed by atoms with van der Waals surface area (Å²) in [5.74, 6) is 0.703. The Balaban J connectivity index is 2.08. The van der Waals surface area contributed by atoms with Crippen molar-refractivity contribution < 1.29 is 9.47 Å². The van der Waals surface area contributed by atoms with Crippen LogP contribution >= 0.6 is 0 Å². The van der Waals surface area contributed by atoms with Gasteiger partial charge in [-0.05, 0) is 19.8 Å². The molecule has 0 aromatic carbocycles. The van der Waals surface area contributed by atoms with E-state index in [9.17, 15) is 0 Å². The molecule has 0 aromatic rings. The zero-order valence-electron chi connectivity index (χ0n) is 11.5. The molecule has 0 atom stereocenters. The van der Waals surface area contributed by atoms with Gasteiger partial charge in [0.2, 0.25) is 0 Å². The molecule has 0 radical (unpaired) electrons. The molecule has 2 fully saturated rings. The number of hydrogen-bond donors (Lipinski definition) is 1. The van der Waals surface area contributed by atoms with Crippen molar-refractivity contribution in [1.29, 1.82) is 5.41 Å². The molecule has 1 N–H and O–H groups in total. The van der Waals surface area contributed by atoms with E-state index < -0.39 is 0 Å². The first-order valence-electron chi connectivity index (χ1n) is 7.34. The maximum Gasteiger partial charge on any atom is 0.129 e. The Bertz CT molecular complexity index is 267. The number of nitrogens with zero attached hydrogens (tertiary/aromatic N) is 1. The van der Waals surface area contributed by atoms with E-state index in [1.807, 2.05) is 6.92 Å². The van der Waals surface area contributed by atoms with Gasteiger partial charge in [-0.15, -0.1) is 0 Å². The molecule has 0 amide bonds. The summed E-state index contributed by atoms with van der Waals surface area (Å²) in [6.45, 7) is 5.91. The first-order valence-corrected chi connectivity index (χ1v) is 7.34. The average Bonchev–Trinajstić information content (AvgIpc) is 2.66. The Hall–Kier alpha value is -0.610. The van der Waals surface area contributed by atoms with E-state index in [0.29, 0.717) is 12.4 Å². The van der Waals surface area contributed by atoms with Crippen LogP contribution in [0.4, 0.5) is 0 Å². The molecule has 2 rings (SSSR count). The van der Waals surface area contributed by atoms with Crippen molar-refractivity contribution in [2.45, 2.75) is 51.0 Å². The minimum absolute atomic E-state index is 0.317. The first-order chi connectivity index (χ1) is 8.78. The predicted octanol–water partition coefficient (Wildman–Crippen LogP) is 2.43. The Morgan fingerprint density at radius 1 is 1.17 bits per heavy atom. The van der Waals surface area contributed by atoms with E-state index in [4.69, 9.17) is 14.9 Å². The Morgan fingerprint density at radius 2 is 1.78 bits per heavy atom. The van der Waals surface area contributed by atoms with Crippen molar-refractivity contribution in [2.24, 2.45) is 0 Å². The summed E-state index contributed by atoms with van der Waals surface area (Å²) >= 11 is 0. The van der Waals surface area contributed by atoms with Crippen molar-refractivity contribution in [1.82, 2.24) is 4.90 Å². The second-order valence-electron chi connectivity index (χ2n) is 5.29. The lowest BCUT2D eigenvalue weighted by Gasteiger charge is -2.40. The van der Waals surface area contributed by atoms with Gasteiger partial charge in [0.15, 0.2) is 0 Å². The molecule has 1 heterocycles. The topological polar surface area (TPSA) is 45.5 Å². The first kappa shape index (κ1) is 13.8. The van der Waals surface area contributed by atoms with Gasteiger partial charge < -0.3 is 14.4 Å². The van der Waals surface area contributed by atoms with E-state index in [2.05, 4.69) is 4.90 Å². The summed E-state index contributed by atoms with van der Waals surface area (Å²) in [5, 5.41) is 8.57. The minimum Gasteiger partial charge on any atom is -0.378 e. The molecule has 0 aromatic heterocycles. The molecule has 4 heteroatoms. The van der Waals surface area contributed by atoms with Crippen molar-refractivity contribution in [3.8, 4) is 0 Å². The molecule has 1 aliphatic heterocycles. The van der Waals surface area contributed by atoms with Crippen LogP contribution in [0.1, 0.15) is 45.4 Å². The Labute approximate surface area is 110 Å². The molecule has 1 saturated carbocycles. The van der Waals surface area contributed by atoms with Gasteiger partial charge in [0.1, 0.15) is 11.4 Å². The van der Waals surface area contributed by atoms with Gasteiger partial charge in [-0.25, -0.2) is 0 Å². The standard InChI is InChI=1S/C14H26N2O2/c1-2-18-14(7-5-3-4-6-8-14)13(15)16-9-11-17-12-10-16/h15H,2-12H2,1H3. The zero-order valence-corrected chi connectivity index (χ0v) is 11.5. The predicted molar refractivity (Wildman–Crippen MR) is 72.2 cm³/mol. The quantitative estimate of drug-likeness (QED) is 0.478. The second kappa shape index (κ2) is 6.53. The van der Waals surface area contributed by atoms with Crippen molar-refractivity contribution >= 4 is 5.84 Å². The van der Waals surface area contributed by atoms with Crippen molar-refractivity contribution in [3.63, 3.8) is 0 Å². The number of amidine groups is 1. The SMILES string of the molecule is CCOC1(C(=N)N2CCOCC2)CCCCCC1. The fraction of sp³-hybridized carbons (Fsp3) is 0.929. The van der Waals surface area contributed by atoms with E-state index in [1.54, 1.807) is 0 Å². The third-order valence-electron chi connectivity index (χ3n) is 4.09. The lowest BCUT2D eigenvalue weighted by atomic mass is 9.91. The summed E-state index contributed by atoms with van der Waals surface area (Å²) in [7, 11) is 0. The van der Waals surface area contributed by atoms with Crippen LogP contribution in [0.3, 0.4) is 0 Å². The van der Waals surface area contributed by atoms with Gasteiger partial charge in [0.05, 0.1) is 13.2 Å². The van der Waals surface area contributed by atoms with Crippen LogP contribution in [0.25, 0.3) is 0 Å². The molecule has 104 valence electrons. The van der Waals surface area contributed by atoms with Crippen LogP contribution in [0.2, 0.25) is 0 Å². The third kappa shape index (κ3) is 3.04. The Kier molecular flexibility index (Phi) is 5.01. The van der Waals surface area contributed by atoms with Gasteiger partial charge in [0, 0.05) is 19.7 Å². The molecule has 1 aliphatic carbocycles. The summed E-state index contributed by atoms with van der Waals surface area (Å²) in [4.78, 5) is 2.16. The van der Waals surface area contributed by atoms with Gasteiger partial charge >= 0.3 is 0 Å². The zero-order chi connectivity index (χ0) is 12.8. The maximum absolute atomic E-state index is 8.57. The van der Waals surface area contributed by atoms with Crippen LogP contribution in [-0.2, 0) is 9.47 Å².